The second-order valence-corrected chi connectivity index (χ2v) is 3.86. The van der Waals surface area contributed by atoms with E-state index in [0.717, 1.165) is 19.3 Å². The Kier molecular flexibility index (Phi) is 4.51. The van der Waals surface area contributed by atoms with Gasteiger partial charge in [-0.3, -0.25) is 9.59 Å². The van der Waals surface area contributed by atoms with Crippen molar-refractivity contribution in [3.8, 4) is 0 Å². The fourth-order valence-corrected chi connectivity index (χ4v) is 2.07. The van der Waals surface area contributed by atoms with E-state index in [9.17, 15) is 9.59 Å². The van der Waals surface area contributed by atoms with Gasteiger partial charge < -0.3 is 9.68 Å². The molecule has 2 unspecified atom stereocenters. The minimum Gasteiger partial charge on any atom is -0.373 e. The molecule has 2 atom stereocenters. The van der Waals surface area contributed by atoms with Gasteiger partial charge in [-0.15, -0.1) is 0 Å². The van der Waals surface area contributed by atoms with Crippen LogP contribution in [-0.2, 0) is 19.3 Å². The Morgan fingerprint density at radius 2 is 1.93 bits per heavy atom. The fourth-order valence-electron chi connectivity index (χ4n) is 2.07. The van der Waals surface area contributed by atoms with Crippen molar-refractivity contribution in [3.63, 3.8) is 0 Å². The van der Waals surface area contributed by atoms with Crippen molar-refractivity contribution in [1.82, 2.24) is 0 Å². The zero-order chi connectivity index (χ0) is 11.3. The number of hydrogen-bond donors (Lipinski definition) is 2. The van der Waals surface area contributed by atoms with Crippen molar-refractivity contribution in [2.75, 3.05) is 0 Å². The van der Waals surface area contributed by atoms with Crippen LogP contribution in [0.25, 0.3) is 0 Å². The standard InChI is InChI=1S/C9H16N2O4/c10-14-8(12)5-6-2-1-3-7(4-6)9(13)15-11/h6-7H,1-5,10-11H2. The van der Waals surface area contributed by atoms with Crippen molar-refractivity contribution in [2.45, 2.75) is 32.1 Å². The summed E-state index contributed by atoms with van der Waals surface area (Å²) in [4.78, 5) is 30.4. The van der Waals surface area contributed by atoms with Gasteiger partial charge in [0, 0.05) is 0 Å². The molecule has 1 saturated carbocycles. The van der Waals surface area contributed by atoms with Crippen molar-refractivity contribution >= 4 is 11.9 Å². The van der Waals surface area contributed by atoms with E-state index in [2.05, 4.69) is 9.68 Å². The molecule has 1 rings (SSSR count). The average Bonchev–Trinajstić information content (AvgIpc) is 2.28. The minimum absolute atomic E-state index is 0.138. The third-order valence-corrected chi connectivity index (χ3v) is 2.82. The lowest BCUT2D eigenvalue weighted by atomic mass is 9.80. The summed E-state index contributed by atoms with van der Waals surface area (Å²) in [6, 6.07) is 0. The molecule has 0 aliphatic heterocycles. The maximum absolute atomic E-state index is 11.2. The van der Waals surface area contributed by atoms with Crippen LogP contribution in [0.2, 0.25) is 0 Å². The van der Waals surface area contributed by atoms with E-state index in [1.807, 2.05) is 0 Å². The van der Waals surface area contributed by atoms with Crippen LogP contribution in [0.3, 0.4) is 0 Å². The summed E-state index contributed by atoms with van der Waals surface area (Å²) in [7, 11) is 0. The van der Waals surface area contributed by atoms with Gasteiger partial charge in [0.25, 0.3) is 0 Å². The SMILES string of the molecule is NOC(=O)CC1CCCC(C(=O)ON)C1. The molecule has 1 aliphatic carbocycles. The van der Waals surface area contributed by atoms with Crippen LogP contribution in [-0.4, -0.2) is 11.9 Å². The molecule has 1 fully saturated rings. The van der Waals surface area contributed by atoms with E-state index in [4.69, 9.17) is 11.8 Å². The molecular weight excluding hydrogens is 200 g/mol. The van der Waals surface area contributed by atoms with Gasteiger partial charge in [0.2, 0.25) is 0 Å². The summed E-state index contributed by atoms with van der Waals surface area (Å²) in [6.07, 6.45) is 3.44. The van der Waals surface area contributed by atoms with Crippen molar-refractivity contribution in [2.24, 2.45) is 23.6 Å². The Morgan fingerprint density at radius 3 is 2.53 bits per heavy atom. The van der Waals surface area contributed by atoms with E-state index >= 15 is 0 Å². The fraction of sp³-hybridized carbons (Fsp3) is 0.778. The first kappa shape index (κ1) is 11.9. The van der Waals surface area contributed by atoms with Gasteiger partial charge in [-0.25, -0.2) is 0 Å². The monoisotopic (exact) mass is 216 g/mol. The highest BCUT2D eigenvalue weighted by atomic mass is 16.7. The molecule has 0 saturated heterocycles. The van der Waals surface area contributed by atoms with E-state index in [0.29, 0.717) is 6.42 Å². The Hall–Kier alpha value is -1.14. The molecule has 15 heavy (non-hydrogen) atoms. The average molecular weight is 216 g/mol. The van der Waals surface area contributed by atoms with E-state index in [1.54, 1.807) is 0 Å². The molecule has 86 valence electrons. The normalized spacial score (nSPS) is 25.7. The summed E-state index contributed by atoms with van der Waals surface area (Å²) in [5.41, 5.74) is 0. The maximum atomic E-state index is 11.2. The van der Waals surface area contributed by atoms with Gasteiger partial charge in [-0.05, 0) is 25.2 Å². The highest BCUT2D eigenvalue weighted by Gasteiger charge is 2.29. The Bertz CT molecular complexity index is 244. The largest absolute Gasteiger partial charge is 0.373 e. The van der Waals surface area contributed by atoms with E-state index in [1.165, 1.54) is 0 Å². The molecule has 4 N–H and O–H groups in total. The van der Waals surface area contributed by atoms with E-state index < -0.39 is 11.9 Å². The molecule has 0 spiro atoms. The molecule has 0 aromatic rings. The molecule has 0 amide bonds. The molecule has 0 aromatic carbocycles. The van der Waals surface area contributed by atoms with Crippen LogP contribution < -0.4 is 11.8 Å². The second-order valence-electron chi connectivity index (χ2n) is 3.86. The smallest absolute Gasteiger partial charge is 0.327 e. The maximum Gasteiger partial charge on any atom is 0.327 e. The number of nitrogens with two attached hydrogens (primary N) is 2. The third kappa shape index (κ3) is 3.49. The number of hydrogen-bond acceptors (Lipinski definition) is 6. The quantitative estimate of drug-likeness (QED) is 0.644. The van der Waals surface area contributed by atoms with E-state index in [-0.39, 0.29) is 18.3 Å². The lowest BCUT2D eigenvalue weighted by Gasteiger charge is -2.26. The number of carbonyl (C=O) groups is 2. The molecule has 0 bridgehead atoms. The number of rotatable bonds is 3. The summed E-state index contributed by atoms with van der Waals surface area (Å²) < 4.78 is 0. The third-order valence-electron chi connectivity index (χ3n) is 2.82. The van der Waals surface area contributed by atoms with Crippen molar-refractivity contribution in [3.05, 3.63) is 0 Å². The predicted octanol–water partition coefficient (Wildman–Crippen LogP) is 0.0167. The molecule has 6 nitrogen and oxygen atoms in total. The predicted molar refractivity (Wildman–Crippen MR) is 50.6 cm³/mol. The zero-order valence-electron chi connectivity index (χ0n) is 8.48. The summed E-state index contributed by atoms with van der Waals surface area (Å²) in [6.45, 7) is 0. The molecule has 6 heteroatoms. The van der Waals surface area contributed by atoms with Gasteiger partial charge >= 0.3 is 11.9 Å². The Labute approximate surface area is 87.8 Å². The molecule has 0 radical (unpaired) electrons. The highest BCUT2D eigenvalue weighted by molar-refractivity contribution is 5.72. The summed E-state index contributed by atoms with van der Waals surface area (Å²) in [5, 5.41) is 0. The van der Waals surface area contributed by atoms with Crippen LogP contribution in [0.1, 0.15) is 32.1 Å². The van der Waals surface area contributed by atoms with Gasteiger partial charge in [-0.2, -0.15) is 11.8 Å². The molecular formula is C9H16N2O4. The van der Waals surface area contributed by atoms with Crippen LogP contribution in [0.5, 0.6) is 0 Å². The summed E-state index contributed by atoms with van der Waals surface area (Å²) in [5.74, 6) is 8.66. The first-order valence-electron chi connectivity index (χ1n) is 4.97. The second kappa shape index (κ2) is 5.67. The van der Waals surface area contributed by atoms with Gasteiger partial charge in [-0.1, -0.05) is 6.42 Å². The van der Waals surface area contributed by atoms with Crippen LogP contribution in [0.15, 0.2) is 0 Å². The highest BCUT2D eigenvalue weighted by Crippen LogP contribution is 2.31. The summed E-state index contributed by atoms with van der Waals surface area (Å²) >= 11 is 0. The molecule has 0 heterocycles. The first-order chi connectivity index (χ1) is 7.17. The zero-order valence-corrected chi connectivity index (χ0v) is 8.48. The van der Waals surface area contributed by atoms with Crippen molar-refractivity contribution < 1.29 is 19.3 Å². The van der Waals surface area contributed by atoms with Crippen LogP contribution in [0, 0.1) is 11.8 Å². The molecule has 0 aromatic heterocycles. The minimum atomic E-state index is -0.443. The van der Waals surface area contributed by atoms with Gasteiger partial charge in [0.1, 0.15) is 0 Å². The van der Waals surface area contributed by atoms with Crippen molar-refractivity contribution in [1.29, 1.82) is 0 Å². The lowest BCUT2D eigenvalue weighted by Crippen LogP contribution is -2.28. The van der Waals surface area contributed by atoms with Crippen LogP contribution >= 0.6 is 0 Å². The first-order valence-corrected chi connectivity index (χ1v) is 4.97. The molecule has 1 aliphatic rings. The Morgan fingerprint density at radius 1 is 1.20 bits per heavy atom. The van der Waals surface area contributed by atoms with Crippen LogP contribution in [0.4, 0.5) is 0 Å². The lowest BCUT2D eigenvalue weighted by molar-refractivity contribution is -0.152. The van der Waals surface area contributed by atoms with Gasteiger partial charge in [0.15, 0.2) is 0 Å². The van der Waals surface area contributed by atoms with Gasteiger partial charge in [0.05, 0.1) is 12.3 Å². The Balaban J connectivity index is 2.42. The topological polar surface area (TPSA) is 105 Å². The number of carbonyl (C=O) groups excluding carboxylic acids is 2.